The molecule has 1 aromatic heterocycles. The van der Waals surface area contributed by atoms with Crippen molar-refractivity contribution in [2.75, 3.05) is 0 Å². The average Bonchev–Trinajstić information content (AvgIpc) is 2.55. The van der Waals surface area contributed by atoms with E-state index in [1.807, 2.05) is 13.8 Å². The summed E-state index contributed by atoms with van der Waals surface area (Å²) < 4.78 is 1.67. The van der Waals surface area contributed by atoms with E-state index in [1.54, 1.807) is 11.7 Å². The molecule has 92 valence electrons. The molecule has 1 aromatic rings. The minimum Gasteiger partial charge on any atom is -0.390 e. The van der Waals surface area contributed by atoms with Crippen molar-refractivity contribution in [3.8, 4) is 0 Å². The van der Waals surface area contributed by atoms with E-state index in [9.17, 15) is 10.2 Å². The van der Waals surface area contributed by atoms with Crippen LogP contribution in [0.2, 0.25) is 5.02 Å². The molecule has 1 heterocycles. The third-order valence-corrected chi connectivity index (χ3v) is 3.20. The summed E-state index contributed by atoms with van der Waals surface area (Å²) in [5.41, 5.74) is 1.61. The Morgan fingerprint density at radius 2 is 1.94 bits per heavy atom. The molecule has 0 aliphatic rings. The van der Waals surface area contributed by atoms with Crippen molar-refractivity contribution in [1.29, 1.82) is 0 Å². The van der Waals surface area contributed by atoms with Gasteiger partial charge in [0.25, 0.3) is 0 Å². The molecule has 0 fully saturated rings. The lowest BCUT2D eigenvalue weighted by molar-refractivity contribution is 0.0171. The van der Waals surface area contributed by atoms with E-state index in [0.717, 1.165) is 17.8 Å². The van der Waals surface area contributed by atoms with Crippen LogP contribution in [0.3, 0.4) is 0 Å². The number of aromatic nitrogens is 2. The third kappa shape index (κ3) is 2.75. The van der Waals surface area contributed by atoms with Crippen LogP contribution < -0.4 is 0 Å². The zero-order valence-electron chi connectivity index (χ0n) is 9.94. The second kappa shape index (κ2) is 5.66. The predicted molar refractivity (Wildman–Crippen MR) is 63.6 cm³/mol. The van der Waals surface area contributed by atoms with E-state index >= 15 is 0 Å². The average molecular weight is 247 g/mol. The SMILES string of the molecule is CCc1nn(C)c(CC(O)C(O)CC)c1Cl. The van der Waals surface area contributed by atoms with E-state index < -0.39 is 12.2 Å². The van der Waals surface area contributed by atoms with Crippen molar-refractivity contribution in [2.24, 2.45) is 7.05 Å². The highest BCUT2D eigenvalue weighted by molar-refractivity contribution is 6.31. The summed E-state index contributed by atoms with van der Waals surface area (Å²) in [7, 11) is 1.80. The molecule has 0 bridgehead atoms. The summed E-state index contributed by atoms with van der Waals surface area (Å²) in [6.07, 6.45) is 0.118. The van der Waals surface area contributed by atoms with Crippen LogP contribution in [-0.4, -0.2) is 32.2 Å². The number of hydrogen-bond acceptors (Lipinski definition) is 3. The quantitative estimate of drug-likeness (QED) is 0.824. The van der Waals surface area contributed by atoms with Crippen molar-refractivity contribution < 1.29 is 10.2 Å². The fourth-order valence-corrected chi connectivity index (χ4v) is 2.02. The first-order chi connectivity index (χ1) is 7.51. The molecule has 0 aromatic carbocycles. The van der Waals surface area contributed by atoms with Crippen molar-refractivity contribution in [2.45, 2.75) is 45.3 Å². The van der Waals surface area contributed by atoms with Gasteiger partial charge in [0, 0.05) is 13.5 Å². The van der Waals surface area contributed by atoms with Gasteiger partial charge in [0.05, 0.1) is 28.6 Å². The van der Waals surface area contributed by atoms with E-state index in [2.05, 4.69) is 5.10 Å². The molecule has 2 N–H and O–H groups in total. The molecular formula is C11H19ClN2O2. The third-order valence-electron chi connectivity index (χ3n) is 2.77. The Morgan fingerprint density at radius 1 is 1.31 bits per heavy atom. The van der Waals surface area contributed by atoms with Gasteiger partial charge in [0.2, 0.25) is 0 Å². The largest absolute Gasteiger partial charge is 0.390 e. The maximum Gasteiger partial charge on any atom is 0.0854 e. The number of hydrogen-bond donors (Lipinski definition) is 2. The molecule has 0 saturated heterocycles. The molecule has 1 rings (SSSR count). The standard InChI is InChI=1S/C11H19ClN2O2/c1-4-7-11(12)8(14(3)13-7)6-10(16)9(15)5-2/h9-10,15-16H,4-6H2,1-3H3. The molecule has 0 spiro atoms. The van der Waals surface area contributed by atoms with Crippen molar-refractivity contribution in [1.82, 2.24) is 9.78 Å². The van der Waals surface area contributed by atoms with Crippen molar-refractivity contribution in [3.05, 3.63) is 16.4 Å². The van der Waals surface area contributed by atoms with Gasteiger partial charge in [0.1, 0.15) is 0 Å². The number of aliphatic hydroxyl groups is 2. The molecule has 0 aliphatic carbocycles. The van der Waals surface area contributed by atoms with E-state index in [0.29, 0.717) is 17.9 Å². The lowest BCUT2D eigenvalue weighted by Crippen LogP contribution is -2.28. The second-order valence-corrected chi connectivity index (χ2v) is 4.31. The highest BCUT2D eigenvalue weighted by atomic mass is 35.5. The zero-order chi connectivity index (χ0) is 12.3. The number of halogens is 1. The minimum absolute atomic E-state index is 0.331. The Labute approximate surface area is 101 Å². The molecule has 2 atom stereocenters. The first-order valence-corrected chi connectivity index (χ1v) is 5.95. The number of aryl methyl sites for hydroxylation is 2. The van der Waals surface area contributed by atoms with Crippen LogP contribution in [0.15, 0.2) is 0 Å². The minimum atomic E-state index is -0.789. The number of nitrogens with zero attached hydrogens (tertiary/aromatic N) is 2. The molecule has 0 radical (unpaired) electrons. The lowest BCUT2D eigenvalue weighted by Gasteiger charge is -2.16. The van der Waals surface area contributed by atoms with Crippen molar-refractivity contribution >= 4 is 11.6 Å². The van der Waals surface area contributed by atoms with Gasteiger partial charge in [-0.3, -0.25) is 4.68 Å². The maximum atomic E-state index is 9.75. The van der Waals surface area contributed by atoms with E-state index in [4.69, 9.17) is 11.6 Å². The highest BCUT2D eigenvalue weighted by Crippen LogP contribution is 2.22. The first-order valence-electron chi connectivity index (χ1n) is 5.57. The van der Waals surface area contributed by atoms with Gasteiger partial charge >= 0.3 is 0 Å². The lowest BCUT2D eigenvalue weighted by atomic mass is 10.1. The second-order valence-electron chi connectivity index (χ2n) is 3.93. The number of aliphatic hydroxyl groups excluding tert-OH is 2. The van der Waals surface area contributed by atoms with E-state index in [1.165, 1.54) is 0 Å². The van der Waals surface area contributed by atoms with Gasteiger partial charge < -0.3 is 10.2 Å². The summed E-state index contributed by atoms with van der Waals surface area (Å²) in [5.74, 6) is 0. The molecule has 16 heavy (non-hydrogen) atoms. The summed E-state index contributed by atoms with van der Waals surface area (Å²) in [6.45, 7) is 3.81. The van der Waals surface area contributed by atoms with Gasteiger partial charge in [-0.25, -0.2) is 0 Å². The number of rotatable bonds is 5. The van der Waals surface area contributed by atoms with E-state index in [-0.39, 0.29) is 0 Å². The van der Waals surface area contributed by atoms with Gasteiger partial charge in [-0.1, -0.05) is 25.4 Å². The Hall–Kier alpha value is -0.580. The molecule has 5 heteroatoms. The van der Waals surface area contributed by atoms with Crippen LogP contribution in [-0.2, 0) is 19.9 Å². The fourth-order valence-electron chi connectivity index (χ4n) is 1.65. The van der Waals surface area contributed by atoms with Crippen LogP contribution in [0.25, 0.3) is 0 Å². The van der Waals surface area contributed by atoms with Crippen LogP contribution in [0.1, 0.15) is 31.7 Å². The van der Waals surface area contributed by atoms with Gasteiger partial charge in [0.15, 0.2) is 0 Å². The van der Waals surface area contributed by atoms with Crippen LogP contribution in [0.4, 0.5) is 0 Å². The molecule has 2 unspecified atom stereocenters. The monoisotopic (exact) mass is 246 g/mol. The molecule has 0 saturated carbocycles. The Kier molecular flexibility index (Phi) is 4.77. The zero-order valence-corrected chi connectivity index (χ0v) is 10.7. The van der Waals surface area contributed by atoms with Crippen LogP contribution >= 0.6 is 11.6 Å². The van der Waals surface area contributed by atoms with Crippen LogP contribution in [0, 0.1) is 0 Å². The first kappa shape index (κ1) is 13.5. The molecule has 0 aliphatic heterocycles. The van der Waals surface area contributed by atoms with Gasteiger partial charge in [-0.05, 0) is 12.8 Å². The Balaban J connectivity index is 2.84. The summed E-state index contributed by atoms with van der Waals surface area (Å²) in [6, 6.07) is 0. The summed E-state index contributed by atoms with van der Waals surface area (Å²) >= 11 is 6.15. The fraction of sp³-hybridized carbons (Fsp3) is 0.727. The highest BCUT2D eigenvalue weighted by Gasteiger charge is 2.20. The van der Waals surface area contributed by atoms with Gasteiger partial charge in [-0.15, -0.1) is 0 Å². The smallest absolute Gasteiger partial charge is 0.0854 e. The van der Waals surface area contributed by atoms with Crippen LogP contribution in [0.5, 0.6) is 0 Å². The summed E-state index contributed by atoms with van der Waals surface area (Å²) in [5, 5.41) is 24.1. The normalized spacial score (nSPS) is 15.1. The molecule has 4 nitrogen and oxygen atoms in total. The molecular weight excluding hydrogens is 228 g/mol. The maximum absolute atomic E-state index is 9.75. The van der Waals surface area contributed by atoms with Gasteiger partial charge in [-0.2, -0.15) is 5.10 Å². The predicted octanol–water partition coefficient (Wildman–Crippen LogP) is 1.31. The topological polar surface area (TPSA) is 58.3 Å². The van der Waals surface area contributed by atoms with Crippen molar-refractivity contribution in [3.63, 3.8) is 0 Å². The Morgan fingerprint density at radius 3 is 2.38 bits per heavy atom. The molecule has 0 amide bonds. The Bertz CT molecular complexity index is 352. The summed E-state index contributed by atoms with van der Waals surface area (Å²) in [4.78, 5) is 0.